The SMILES string of the molecule is CCCC1CCC(c2ccc(OC(=O)c3ccc(C4CCC(CC)CC4)cc3F)cc2)CC1. The minimum Gasteiger partial charge on any atom is -0.423 e. The Hall–Kier alpha value is -2.16. The van der Waals surface area contributed by atoms with E-state index >= 15 is 0 Å². The minimum atomic E-state index is -0.624. The number of hydrogen-bond donors (Lipinski definition) is 0. The molecule has 0 bridgehead atoms. The smallest absolute Gasteiger partial charge is 0.346 e. The molecule has 2 aromatic carbocycles. The highest BCUT2D eigenvalue weighted by molar-refractivity contribution is 5.91. The molecule has 2 nitrogen and oxygen atoms in total. The highest BCUT2D eigenvalue weighted by atomic mass is 19.1. The molecule has 0 spiro atoms. The second-order valence-electron chi connectivity index (χ2n) is 10.3. The number of esters is 1. The van der Waals surface area contributed by atoms with E-state index in [1.165, 1.54) is 63.4 Å². The van der Waals surface area contributed by atoms with Gasteiger partial charge in [-0.1, -0.05) is 51.3 Å². The van der Waals surface area contributed by atoms with E-state index in [1.54, 1.807) is 12.1 Å². The highest BCUT2D eigenvalue weighted by Crippen LogP contribution is 2.39. The maximum Gasteiger partial charge on any atom is 0.346 e. The minimum absolute atomic E-state index is 0.0133. The second-order valence-corrected chi connectivity index (χ2v) is 10.3. The summed E-state index contributed by atoms with van der Waals surface area (Å²) in [5.41, 5.74) is 2.34. The average Bonchev–Trinajstić information content (AvgIpc) is 2.85. The van der Waals surface area contributed by atoms with Gasteiger partial charge in [-0.05, 0) is 110 Å². The second kappa shape index (κ2) is 11.3. The number of carbonyl (C=O) groups excluding carboxylic acids is 1. The van der Waals surface area contributed by atoms with Crippen LogP contribution in [0.1, 0.15) is 118 Å². The fourth-order valence-electron chi connectivity index (χ4n) is 6.02. The van der Waals surface area contributed by atoms with Gasteiger partial charge < -0.3 is 4.74 Å². The quantitative estimate of drug-likeness (QED) is 0.311. The molecule has 0 atom stereocenters. The zero-order valence-electron chi connectivity index (χ0n) is 20.3. The molecule has 0 aliphatic heterocycles. The number of hydrogen-bond acceptors (Lipinski definition) is 2. The van der Waals surface area contributed by atoms with E-state index in [0.29, 0.717) is 17.6 Å². The Kier molecular flexibility index (Phi) is 8.22. The molecule has 178 valence electrons. The van der Waals surface area contributed by atoms with E-state index in [-0.39, 0.29) is 5.56 Å². The van der Waals surface area contributed by atoms with Crippen molar-refractivity contribution in [2.75, 3.05) is 0 Å². The third-order valence-corrected chi connectivity index (χ3v) is 8.21. The van der Waals surface area contributed by atoms with Gasteiger partial charge in [0.1, 0.15) is 11.6 Å². The van der Waals surface area contributed by atoms with Crippen molar-refractivity contribution < 1.29 is 13.9 Å². The lowest BCUT2D eigenvalue weighted by Crippen LogP contribution is -2.15. The van der Waals surface area contributed by atoms with E-state index in [1.807, 2.05) is 18.2 Å². The van der Waals surface area contributed by atoms with Crippen LogP contribution in [-0.2, 0) is 0 Å². The van der Waals surface area contributed by atoms with Crippen LogP contribution in [0.3, 0.4) is 0 Å². The fraction of sp³-hybridized carbons (Fsp3) is 0.567. The molecule has 2 aliphatic carbocycles. The van der Waals surface area contributed by atoms with Crippen molar-refractivity contribution in [3.05, 3.63) is 65.0 Å². The predicted molar refractivity (Wildman–Crippen MR) is 132 cm³/mol. The molecule has 0 heterocycles. The summed E-state index contributed by atoms with van der Waals surface area (Å²) in [4.78, 5) is 12.6. The standard InChI is InChI=1S/C30H39FO2/c1-3-5-22-8-12-23(13-9-22)24-14-17-27(18-15-24)33-30(32)28-19-16-26(20-29(28)31)25-10-6-21(4-2)7-11-25/h14-23,25H,3-13H2,1-2H3. The van der Waals surface area contributed by atoms with E-state index in [0.717, 1.165) is 30.2 Å². The highest BCUT2D eigenvalue weighted by Gasteiger charge is 2.24. The third kappa shape index (κ3) is 6.05. The first-order chi connectivity index (χ1) is 16.1. The Morgan fingerprint density at radius 2 is 1.39 bits per heavy atom. The van der Waals surface area contributed by atoms with Crippen LogP contribution >= 0.6 is 0 Å². The van der Waals surface area contributed by atoms with Gasteiger partial charge in [-0.3, -0.25) is 0 Å². The fourth-order valence-corrected chi connectivity index (χ4v) is 6.02. The van der Waals surface area contributed by atoms with E-state index in [2.05, 4.69) is 26.0 Å². The van der Waals surface area contributed by atoms with Crippen molar-refractivity contribution in [2.45, 2.75) is 96.3 Å². The molecule has 2 saturated carbocycles. The third-order valence-electron chi connectivity index (χ3n) is 8.21. The summed E-state index contributed by atoms with van der Waals surface area (Å²) in [5, 5.41) is 0. The normalized spacial score (nSPS) is 25.5. The zero-order valence-corrected chi connectivity index (χ0v) is 20.3. The Bertz CT molecular complexity index is 903. The average molecular weight is 451 g/mol. The van der Waals surface area contributed by atoms with Gasteiger partial charge in [0.2, 0.25) is 0 Å². The van der Waals surface area contributed by atoms with Gasteiger partial charge in [-0.25, -0.2) is 9.18 Å². The van der Waals surface area contributed by atoms with Crippen molar-refractivity contribution in [3.8, 4) is 5.75 Å². The summed E-state index contributed by atoms with van der Waals surface area (Å²) in [7, 11) is 0. The number of rotatable bonds is 7. The van der Waals surface area contributed by atoms with Crippen molar-refractivity contribution in [3.63, 3.8) is 0 Å². The lowest BCUT2D eigenvalue weighted by Gasteiger charge is -2.28. The van der Waals surface area contributed by atoms with Crippen molar-refractivity contribution in [2.24, 2.45) is 11.8 Å². The van der Waals surface area contributed by atoms with Crippen LogP contribution < -0.4 is 4.74 Å². The monoisotopic (exact) mass is 450 g/mol. The summed E-state index contributed by atoms with van der Waals surface area (Å²) in [5.74, 6) is 2.07. The van der Waals surface area contributed by atoms with Crippen LogP contribution in [0.2, 0.25) is 0 Å². The van der Waals surface area contributed by atoms with Crippen LogP contribution in [0.15, 0.2) is 42.5 Å². The van der Waals surface area contributed by atoms with Gasteiger partial charge in [0.15, 0.2) is 0 Å². The molecule has 4 rings (SSSR count). The predicted octanol–water partition coefficient (Wildman–Crippen LogP) is 8.80. The molecule has 0 N–H and O–H groups in total. The van der Waals surface area contributed by atoms with Gasteiger partial charge in [-0.2, -0.15) is 0 Å². The van der Waals surface area contributed by atoms with E-state index < -0.39 is 11.8 Å². The molecule has 0 aromatic heterocycles. The molecule has 3 heteroatoms. The lowest BCUT2D eigenvalue weighted by atomic mass is 9.77. The van der Waals surface area contributed by atoms with Crippen LogP contribution in [0.5, 0.6) is 5.75 Å². The number of carbonyl (C=O) groups is 1. The number of halogens is 1. The molecule has 0 amide bonds. The van der Waals surface area contributed by atoms with Crippen molar-refractivity contribution >= 4 is 5.97 Å². The van der Waals surface area contributed by atoms with Gasteiger partial charge in [0, 0.05) is 0 Å². The Morgan fingerprint density at radius 3 is 1.97 bits per heavy atom. The van der Waals surface area contributed by atoms with Gasteiger partial charge in [0.25, 0.3) is 0 Å². The largest absolute Gasteiger partial charge is 0.423 e. The van der Waals surface area contributed by atoms with Gasteiger partial charge in [0.05, 0.1) is 5.56 Å². The number of benzene rings is 2. The van der Waals surface area contributed by atoms with Crippen LogP contribution in [0, 0.1) is 17.7 Å². The first-order valence-corrected chi connectivity index (χ1v) is 13.2. The summed E-state index contributed by atoms with van der Waals surface area (Å²) in [6.07, 6.45) is 13.6. The van der Waals surface area contributed by atoms with Gasteiger partial charge in [-0.15, -0.1) is 0 Å². The van der Waals surface area contributed by atoms with E-state index in [4.69, 9.17) is 4.74 Å². The molecule has 2 aromatic rings. The van der Waals surface area contributed by atoms with Crippen LogP contribution in [0.25, 0.3) is 0 Å². The first-order valence-electron chi connectivity index (χ1n) is 13.2. The molecule has 2 aliphatic rings. The maximum absolute atomic E-state index is 14.8. The van der Waals surface area contributed by atoms with Crippen LogP contribution in [-0.4, -0.2) is 5.97 Å². The Balaban J connectivity index is 1.33. The molecular weight excluding hydrogens is 411 g/mol. The van der Waals surface area contributed by atoms with Crippen molar-refractivity contribution in [1.82, 2.24) is 0 Å². The molecule has 33 heavy (non-hydrogen) atoms. The Labute approximate surface area is 198 Å². The molecule has 2 fully saturated rings. The first kappa shape index (κ1) is 24.0. The maximum atomic E-state index is 14.8. The topological polar surface area (TPSA) is 26.3 Å². The van der Waals surface area contributed by atoms with Crippen molar-refractivity contribution in [1.29, 1.82) is 0 Å². The lowest BCUT2D eigenvalue weighted by molar-refractivity contribution is 0.0730. The summed E-state index contributed by atoms with van der Waals surface area (Å²) >= 11 is 0. The van der Waals surface area contributed by atoms with Gasteiger partial charge >= 0.3 is 5.97 Å². The molecule has 0 radical (unpaired) electrons. The Morgan fingerprint density at radius 1 is 0.818 bits per heavy atom. The zero-order chi connectivity index (χ0) is 23.2. The summed E-state index contributed by atoms with van der Waals surface area (Å²) in [6, 6.07) is 12.9. The summed E-state index contributed by atoms with van der Waals surface area (Å²) < 4.78 is 20.3. The summed E-state index contributed by atoms with van der Waals surface area (Å²) in [6.45, 7) is 4.52. The van der Waals surface area contributed by atoms with Crippen LogP contribution in [0.4, 0.5) is 4.39 Å². The molecular formula is C30H39FO2. The van der Waals surface area contributed by atoms with E-state index in [9.17, 15) is 9.18 Å². The molecule has 0 unspecified atom stereocenters. The molecule has 0 saturated heterocycles. The number of ether oxygens (including phenoxy) is 1.